The lowest BCUT2D eigenvalue weighted by Gasteiger charge is -2.35. The highest BCUT2D eigenvalue weighted by Gasteiger charge is 2.26. The highest BCUT2D eigenvalue weighted by Crippen LogP contribution is 2.22. The molecule has 23 heavy (non-hydrogen) atoms. The molecule has 0 atom stereocenters. The van der Waals surface area contributed by atoms with E-state index in [0.717, 1.165) is 11.3 Å². The Balaban J connectivity index is 1.70. The molecular formula is C15H16ClN5O2. The molecule has 0 bridgehead atoms. The number of piperazine rings is 1. The van der Waals surface area contributed by atoms with Crippen molar-refractivity contribution in [1.82, 2.24) is 20.1 Å². The SMILES string of the molecule is Cc1ccc(CN2CCN(c3cn[nH]c(=O)c3Cl)CC2=O)cn1. The molecule has 1 aliphatic rings. The van der Waals surface area contributed by atoms with Gasteiger partial charge in [-0.25, -0.2) is 5.10 Å². The Labute approximate surface area is 137 Å². The third-order valence-electron chi connectivity index (χ3n) is 3.78. The van der Waals surface area contributed by atoms with E-state index in [1.165, 1.54) is 6.20 Å². The Hall–Kier alpha value is -2.41. The van der Waals surface area contributed by atoms with Gasteiger partial charge in [0.1, 0.15) is 5.02 Å². The van der Waals surface area contributed by atoms with Gasteiger partial charge in [-0.2, -0.15) is 5.10 Å². The first-order valence-electron chi connectivity index (χ1n) is 7.22. The van der Waals surface area contributed by atoms with Gasteiger partial charge in [-0.05, 0) is 18.6 Å². The lowest BCUT2D eigenvalue weighted by atomic mass is 10.2. The molecule has 0 unspecified atom stereocenters. The van der Waals surface area contributed by atoms with E-state index in [1.807, 2.05) is 19.1 Å². The van der Waals surface area contributed by atoms with Crippen LogP contribution in [0.4, 0.5) is 5.69 Å². The fraction of sp³-hybridized carbons (Fsp3) is 0.333. The van der Waals surface area contributed by atoms with Gasteiger partial charge in [0, 0.05) is 31.5 Å². The smallest absolute Gasteiger partial charge is 0.285 e. The van der Waals surface area contributed by atoms with Crippen molar-refractivity contribution in [3.05, 3.63) is 51.2 Å². The topological polar surface area (TPSA) is 82.2 Å². The minimum Gasteiger partial charge on any atom is -0.358 e. The number of amides is 1. The highest BCUT2D eigenvalue weighted by atomic mass is 35.5. The molecule has 1 aliphatic heterocycles. The van der Waals surface area contributed by atoms with E-state index in [2.05, 4.69) is 15.2 Å². The third-order valence-corrected chi connectivity index (χ3v) is 4.15. The Morgan fingerprint density at radius 2 is 2.09 bits per heavy atom. The number of halogens is 1. The molecule has 3 heterocycles. The normalized spacial score (nSPS) is 15.1. The van der Waals surface area contributed by atoms with E-state index in [9.17, 15) is 9.59 Å². The van der Waals surface area contributed by atoms with Crippen LogP contribution < -0.4 is 10.5 Å². The number of rotatable bonds is 3. The second-order valence-corrected chi connectivity index (χ2v) is 5.82. The first kappa shape index (κ1) is 15.5. The standard InChI is InChI=1S/C15H16ClN5O2/c1-10-2-3-11(6-17-10)8-21-5-4-20(9-13(21)22)12-7-18-19-15(23)14(12)16/h2-3,6-7H,4-5,8-9H2,1H3,(H,19,23). The van der Waals surface area contributed by atoms with Gasteiger partial charge in [-0.15, -0.1) is 0 Å². The number of nitrogens with one attached hydrogen (secondary N) is 1. The number of nitrogens with zero attached hydrogens (tertiary/aromatic N) is 4. The number of pyridine rings is 1. The van der Waals surface area contributed by atoms with E-state index >= 15 is 0 Å². The summed E-state index contributed by atoms with van der Waals surface area (Å²) in [6.45, 7) is 3.77. The number of H-pyrrole nitrogens is 1. The summed E-state index contributed by atoms with van der Waals surface area (Å²) >= 11 is 6.00. The zero-order valence-electron chi connectivity index (χ0n) is 12.6. The summed E-state index contributed by atoms with van der Waals surface area (Å²) in [4.78, 5) is 31.7. The number of aromatic amines is 1. The molecule has 1 fully saturated rings. The van der Waals surface area contributed by atoms with Crippen LogP contribution in [0.5, 0.6) is 0 Å². The van der Waals surface area contributed by atoms with Crippen LogP contribution in [-0.2, 0) is 11.3 Å². The highest BCUT2D eigenvalue weighted by molar-refractivity contribution is 6.33. The molecule has 0 aliphatic carbocycles. The van der Waals surface area contributed by atoms with Crippen LogP contribution in [0.15, 0.2) is 29.3 Å². The van der Waals surface area contributed by atoms with E-state index in [4.69, 9.17) is 11.6 Å². The third kappa shape index (κ3) is 3.34. The maximum Gasteiger partial charge on any atom is 0.285 e. The summed E-state index contributed by atoms with van der Waals surface area (Å²) in [6, 6.07) is 3.90. The van der Waals surface area contributed by atoms with Gasteiger partial charge >= 0.3 is 0 Å². The van der Waals surface area contributed by atoms with E-state index < -0.39 is 5.56 Å². The molecule has 7 nitrogen and oxygen atoms in total. The average Bonchev–Trinajstić information content (AvgIpc) is 2.54. The van der Waals surface area contributed by atoms with Crippen molar-refractivity contribution in [2.45, 2.75) is 13.5 Å². The molecule has 1 saturated heterocycles. The molecule has 120 valence electrons. The zero-order valence-corrected chi connectivity index (χ0v) is 13.4. The van der Waals surface area contributed by atoms with E-state index in [0.29, 0.717) is 25.3 Å². The summed E-state index contributed by atoms with van der Waals surface area (Å²) < 4.78 is 0. The van der Waals surface area contributed by atoms with E-state index in [1.54, 1.807) is 16.0 Å². The number of aromatic nitrogens is 3. The van der Waals surface area contributed by atoms with Crippen molar-refractivity contribution in [1.29, 1.82) is 0 Å². The van der Waals surface area contributed by atoms with Crippen LogP contribution in [0.2, 0.25) is 5.02 Å². The molecule has 1 amide bonds. The second kappa shape index (κ2) is 6.37. The van der Waals surface area contributed by atoms with Gasteiger partial charge < -0.3 is 9.80 Å². The lowest BCUT2D eigenvalue weighted by molar-refractivity contribution is -0.131. The molecule has 0 aromatic carbocycles. The average molecular weight is 334 g/mol. The van der Waals surface area contributed by atoms with Crippen LogP contribution in [0, 0.1) is 6.92 Å². The van der Waals surface area contributed by atoms with Crippen molar-refractivity contribution in [2.24, 2.45) is 0 Å². The predicted molar refractivity (Wildman–Crippen MR) is 86.5 cm³/mol. The van der Waals surface area contributed by atoms with Crippen molar-refractivity contribution >= 4 is 23.2 Å². The van der Waals surface area contributed by atoms with Gasteiger partial charge in [0.2, 0.25) is 5.91 Å². The quantitative estimate of drug-likeness (QED) is 0.905. The van der Waals surface area contributed by atoms with Crippen molar-refractivity contribution in [3.63, 3.8) is 0 Å². The second-order valence-electron chi connectivity index (χ2n) is 5.44. The van der Waals surface area contributed by atoms with Gasteiger partial charge in [-0.1, -0.05) is 17.7 Å². The number of carbonyl (C=O) groups is 1. The molecule has 3 rings (SSSR count). The minimum atomic E-state index is -0.454. The molecule has 0 radical (unpaired) electrons. The summed E-state index contributed by atoms with van der Waals surface area (Å²) in [5.41, 5.74) is 1.97. The van der Waals surface area contributed by atoms with Crippen LogP contribution >= 0.6 is 11.6 Å². The van der Waals surface area contributed by atoms with Crippen LogP contribution in [-0.4, -0.2) is 45.6 Å². The predicted octanol–water partition coefficient (Wildman–Crippen LogP) is 0.976. The first-order chi connectivity index (χ1) is 11.0. The molecule has 0 spiro atoms. The van der Waals surface area contributed by atoms with Gasteiger partial charge in [-0.3, -0.25) is 14.6 Å². The van der Waals surface area contributed by atoms with Gasteiger partial charge in [0.15, 0.2) is 0 Å². The fourth-order valence-corrected chi connectivity index (χ4v) is 2.70. The molecular weight excluding hydrogens is 318 g/mol. The number of carbonyl (C=O) groups excluding carboxylic acids is 1. The van der Waals surface area contributed by atoms with Crippen LogP contribution in [0.3, 0.4) is 0 Å². The Morgan fingerprint density at radius 3 is 2.78 bits per heavy atom. The summed E-state index contributed by atoms with van der Waals surface area (Å²) in [5.74, 6) is -0.0202. The number of hydrogen-bond donors (Lipinski definition) is 1. The van der Waals surface area contributed by atoms with Crippen molar-refractivity contribution in [2.75, 3.05) is 24.5 Å². The molecule has 8 heteroatoms. The van der Waals surface area contributed by atoms with Crippen molar-refractivity contribution in [3.8, 4) is 0 Å². The largest absolute Gasteiger partial charge is 0.358 e. The van der Waals surface area contributed by atoms with E-state index in [-0.39, 0.29) is 17.5 Å². The zero-order chi connectivity index (χ0) is 16.4. The van der Waals surface area contributed by atoms with Crippen LogP contribution in [0.25, 0.3) is 0 Å². The summed E-state index contributed by atoms with van der Waals surface area (Å²) in [5, 5.41) is 6.07. The molecule has 2 aromatic rings. The Morgan fingerprint density at radius 1 is 1.26 bits per heavy atom. The van der Waals surface area contributed by atoms with Crippen molar-refractivity contribution < 1.29 is 4.79 Å². The minimum absolute atomic E-state index is 0.0202. The molecule has 1 N–H and O–H groups in total. The molecule has 2 aromatic heterocycles. The number of hydrogen-bond acceptors (Lipinski definition) is 5. The van der Waals surface area contributed by atoms with Gasteiger partial charge in [0.05, 0.1) is 18.4 Å². The maximum absolute atomic E-state index is 12.4. The monoisotopic (exact) mass is 333 g/mol. The summed E-state index contributed by atoms with van der Waals surface area (Å²) in [7, 11) is 0. The summed E-state index contributed by atoms with van der Waals surface area (Å²) in [6.07, 6.45) is 3.25. The van der Waals surface area contributed by atoms with Gasteiger partial charge in [0.25, 0.3) is 5.56 Å². The number of anilines is 1. The Bertz CT molecular complexity index is 774. The van der Waals surface area contributed by atoms with Crippen LogP contribution in [0.1, 0.15) is 11.3 Å². The molecule has 0 saturated carbocycles. The maximum atomic E-state index is 12.4. The number of aryl methyl sites for hydroxylation is 1. The fourth-order valence-electron chi connectivity index (χ4n) is 2.49. The Kier molecular flexibility index (Phi) is 4.29. The first-order valence-corrected chi connectivity index (χ1v) is 7.60. The lowest BCUT2D eigenvalue weighted by Crippen LogP contribution is -2.50.